The van der Waals surface area contributed by atoms with Crippen LogP contribution in [-0.2, 0) is 42.3 Å². The van der Waals surface area contributed by atoms with E-state index in [0.717, 1.165) is 0 Å². The van der Waals surface area contributed by atoms with E-state index in [1.165, 1.54) is 21.9 Å². The average molecular weight is 366 g/mol. The minimum Gasteiger partial charge on any atom is -0.696 e. The standard InChI is InChI=1S/2C6H7N.2CHNS.Cu/c2*1-6-2-4-7-5-3-6;2*2-1-3;/h2*2-5H,1H3;2*3H;/q;;;;+2/p-2. The van der Waals surface area contributed by atoms with Crippen LogP contribution in [0.25, 0.3) is 0 Å². The molecular formula is C14H14CuN4S2. The summed E-state index contributed by atoms with van der Waals surface area (Å²) in [4.78, 5) is 7.69. The van der Waals surface area contributed by atoms with Crippen LogP contribution in [-0.4, -0.2) is 9.97 Å². The van der Waals surface area contributed by atoms with Crippen molar-refractivity contribution in [2.45, 2.75) is 13.8 Å². The third-order valence-corrected chi connectivity index (χ3v) is 1.69. The van der Waals surface area contributed by atoms with Crippen LogP contribution in [0, 0.1) is 35.2 Å². The van der Waals surface area contributed by atoms with E-state index in [-0.39, 0.29) is 17.1 Å². The van der Waals surface area contributed by atoms with Gasteiger partial charge < -0.3 is 25.3 Å². The fourth-order valence-electron chi connectivity index (χ4n) is 0.853. The van der Waals surface area contributed by atoms with Gasteiger partial charge in [0.05, 0.1) is 0 Å². The second-order valence-corrected chi connectivity index (χ2v) is 3.60. The molecule has 0 bridgehead atoms. The monoisotopic (exact) mass is 365 g/mol. The normalized spacial score (nSPS) is 6.48. The van der Waals surface area contributed by atoms with E-state index in [9.17, 15) is 0 Å². The maximum absolute atomic E-state index is 7.13. The molecule has 7 heteroatoms. The van der Waals surface area contributed by atoms with Crippen LogP contribution in [0.5, 0.6) is 0 Å². The summed E-state index contributed by atoms with van der Waals surface area (Å²) in [6.07, 6.45) is 7.15. The van der Waals surface area contributed by atoms with Crippen molar-refractivity contribution in [3.8, 4) is 10.8 Å². The SMILES string of the molecule is Cc1ccncc1.Cc1ccncc1.N#C[S-].N#C[S-].[Cu+2]. The van der Waals surface area contributed by atoms with Gasteiger partial charge in [0.15, 0.2) is 0 Å². The van der Waals surface area contributed by atoms with Crippen LogP contribution in [0.1, 0.15) is 11.1 Å². The van der Waals surface area contributed by atoms with Gasteiger partial charge in [0, 0.05) is 24.8 Å². The Balaban J connectivity index is -0.000000220. The summed E-state index contributed by atoms with van der Waals surface area (Å²) in [5, 5.41) is 16.9. The third kappa shape index (κ3) is 23.7. The molecule has 4 nitrogen and oxygen atoms in total. The number of rotatable bonds is 0. The first-order chi connectivity index (χ1) is 9.62. The number of hydrogen-bond donors (Lipinski definition) is 0. The molecule has 0 saturated carbocycles. The van der Waals surface area contributed by atoms with E-state index < -0.39 is 0 Å². The first kappa shape index (κ1) is 24.3. The van der Waals surface area contributed by atoms with Gasteiger partial charge in [-0.3, -0.25) is 9.97 Å². The predicted octanol–water partition coefficient (Wildman–Crippen LogP) is 2.81. The van der Waals surface area contributed by atoms with Gasteiger partial charge in [0.2, 0.25) is 0 Å². The van der Waals surface area contributed by atoms with E-state index in [1.54, 1.807) is 24.8 Å². The molecule has 1 radical (unpaired) electrons. The number of thiocyanates is 2. The molecule has 0 spiro atoms. The molecule has 0 aliphatic rings. The summed E-state index contributed by atoms with van der Waals surface area (Å²) in [5.74, 6) is 0. The Morgan fingerprint density at radius 1 is 0.762 bits per heavy atom. The zero-order valence-corrected chi connectivity index (χ0v) is 14.1. The molecule has 2 aromatic rings. The number of aromatic nitrogens is 2. The second-order valence-electron chi connectivity index (χ2n) is 3.23. The Morgan fingerprint density at radius 3 is 1.05 bits per heavy atom. The summed E-state index contributed by atoms with van der Waals surface area (Å²) in [6, 6.07) is 7.89. The number of nitrogens with zero attached hydrogens (tertiary/aromatic N) is 4. The molecule has 2 aromatic heterocycles. The maximum atomic E-state index is 7.13. The van der Waals surface area contributed by atoms with Gasteiger partial charge in [0.25, 0.3) is 0 Å². The smallest absolute Gasteiger partial charge is 0.696 e. The minimum absolute atomic E-state index is 0. The van der Waals surface area contributed by atoms with E-state index in [2.05, 4.69) is 35.2 Å². The van der Waals surface area contributed by atoms with Crippen LogP contribution in [0.2, 0.25) is 0 Å². The largest absolute Gasteiger partial charge is 2.00 e. The fourth-order valence-corrected chi connectivity index (χ4v) is 0.853. The van der Waals surface area contributed by atoms with Gasteiger partial charge in [-0.05, 0) is 49.2 Å². The molecule has 0 saturated heterocycles. The number of aryl methyl sites for hydroxylation is 2. The summed E-state index contributed by atoms with van der Waals surface area (Å²) < 4.78 is 0. The van der Waals surface area contributed by atoms with E-state index in [4.69, 9.17) is 10.5 Å². The zero-order valence-electron chi connectivity index (χ0n) is 11.5. The van der Waals surface area contributed by atoms with Gasteiger partial charge in [0.1, 0.15) is 0 Å². The first-order valence-electron chi connectivity index (χ1n) is 5.38. The average Bonchev–Trinajstić information content (AvgIpc) is 2.43. The molecule has 0 aromatic carbocycles. The molecular weight excluding hydrogens is 352 g/mol. The zero-order chi connectivity index (χ0) is 15.6. The summed E-state index contributed by atoms with van der Waals surface area (Å²) >= 11 is 7.40. The Bertz CT molecular complexity index is 460. The van der Waals surface area contributed by atoms with Gasteiger partial charge in [-0.1, -0.05) is 10.8 Å². The van der Waals surface area contributed by atoms with Crippen LogP contribution in [0.3, 0.4) is 0 Å². The van der Waals surface area contributed by atoms with Crippen LogP contribution in [0.4, 0.5) is 0 Å². The molecule has 0 fully saturated rings. The van der Waals surface area contributed by atoms with Crippen molar-refractivity contribution in [1.29, 1.82) is 10.5 Å². The molecule has 2 heterocycles. The van der Waals surface area contributed by atoms with E-state index in [1.807, 2.05) is 38.1 Å². The summed E-state index contributed by atoms with van der Waals surface area (Å²) in [7, 11) is 0. The molecule has 21 heavy (non-hydrogen) atoms. The summed E-state index contributed by atoms with van der Waals surface area (Å²) in [6.45, 7) is 4.09. The minimum atomic E-state index is 0. The van der Waals surface area contributed by atoms with Crippen LogP contribution < -0.4 is 0 Å². The van der Waals surface area contributed by atoms with Crippen molar-refractivity contribution in [3.05, 3.63) is 60.2 Å². The molecule has 0 atom stereocenters. The summed E-state index contributed by atoms with van der Waals surface area (Å²) in [5.41, 5.74) is 2.52. The molecule has 0 amide bonds. The molecule has 0 unspecified atom stereocenters. The van der Waals surface area contributed by atoms with Crippen molar-refractivity contribution in [2.75, 3.05) is 0 Å². The van der Waals surface area contributed by atoms with Gasteiger partial charge in [-0.2, -0.15) is 0 Å². The molecule has 113 valence electrons. The Hall–Kier alpha value is -1.76. The van der Waals surface area contributed by atoms with Crippen molar-refractivity contribution in [3.63, 3.8) is 0 Å². The van der Waals surface area contributed by atoms with Crippen LogP contribution >= 0.6 is 0 Å². The van der Waals surface area contributed by atoms with Crippen molar-refractivity contribution >= 4 is 25.3 Å². The van der Waals surface area contributed by atoms with Crippen LogP contribution in [0.15, 0.2) is 49.1 Å². The Labute approximate surface area is 147 Å². The number of hydrogen-bond acceptors (Lipinski definition) is 6. The molecule has 0 aliphatic carbocycles. The number of pyridine rings is 2. The van der Waals surface area contributed by atoms with Gasteiger partial charge in [-0.15, -0.1) is 0 Å². The maximum Gasteiger partial charge on any atom is 2.00 e. The predicted molar refractivity (Wildman–Crippen MR) is 83.9 cm³/mol. The third-order valence-electron chi connectivity index (χ3n) is 1.69. The molecule has 2 rings (SSSR count). The molecule has 0 N–H and O–H groups in total. The van der Waals surface area contributed by atoms with Gasteiger partial charge in [-0.25, -0.2) is 10.5 Å². The molecule has 0 aliphatic heterocycles. The fraction of sp³-hybridized carbons (Fsp3) is 0.143. The number of nitriles is 2. The van der Waals surface area contributed by atoms with Crippen molar-refractivity contribution < 1.29 is 17.1 Å². The topological polar surface area (TPSA) is 73.4 Å². The van der Waals surface area contributed by atoms with E-state index >= 15 is 0 Å². The Morgan fingerprint density at radius 2 is 0.952 bits per heavy atom. The van der Waals surface area contributed by atoms with E-state index in [0.29, 0.717) is 0 Å². The second kappa shape index (κ2) is 20.6. The van der Waals surface area contributed by atoms with Crippen molar-refractivity contribution in [1.82, 2.24) is 9.97 Å². The first-order valence-corrected chi connectivity index (χ1v) is 6.19. The van der Waals surface area contributed by atoms with Gasteiger partial charge >= 0.3 is 17.1 Å². The Kier molecular flexibility index (Phi) is 23.8. The van der Waals surface area contributed by atoms with Crippen molar-refractivity contribution in [2.24, 2.45) is 0 Å². The quantitative estimate of drug-likeness (QED) is 0.406.